The van der Waals surface area contributed by atoms with Gasteiger partial charge in [0.1, 0.15) is 5.75 Å². The highest BCUT2D eigenvalue weighted by molar-refractivity contribution is 9.10. The van der Waals surface area contributed by atoms with Crippen LogP contribution in [0.3, 0.4) is 0 Å². The van der Waals surface area contributed by atoms with Crippen LogP contribution in [0.15, 0.2) is 22.7 Å². The van der Waals surface area contributed by atoms with Crippen LogP contribution in [0.2, 0.25) is 0 Å². The molecule has 2 atom stereocenters. The highest BCUT2D eigenvalue weighted by atomic mass is 79.9. The molecule has 1 fully saturated rings. The van der Waals surface area contributed by atoms with E-state index in [0.717, 1.165) is 16.1 Å². The van der Waals surface area contributed by atoms with E-state index in [9.17, 15) is 0 Å². The first-order chi connectivity index (χ1) is 9.41. The van der Waals surface area contributed by atoms with Crippen LogP contribution in [0.5, 0.6) is 5.75 Å². The molecule has 1 saturated carbocycles. The molecule has 3 heteroatoms. The summed E-state index contributed by atoms with van der Waals surface area (Å²) in [7, 11) is 1.70. The lowest BCUT2D eigenvalue weighted by Crippen LogP contribution is -2.39. The van der Waals surface area contributed by atoms with Gasteiger partial charge in [0.25, 0.3) is 0 Å². The normalized spacial score (nSPS) is 23.4. The van der Waals surface area contributed by atoms with Gasteiger partial charge in [-0.25, -0.2) is 0 Å². The van der Waals surface area contributed by atoms with Crippen LogP contribution in [0.25, 0.3) is 0 Å². The summed E-state index contributed by atoms with van der Waals surface area (Å²) in [5, 5.41) is 3.74. The molecule has 2 unspecified atom stereocenters. The van der Waals surface area contributed by atoms with Crippen molar-refractivity contribution in [2.45, 2.75) is 52.5 Å². The Bertz CT molecular complexity index is 453. The zero-order valence-electron chi connectivity index (χ0n) is 13.0. The topological polar surface area (TPSA) is 21.3 Å². The van der Waals surface area contributed by atoms with Crippen molar-refractivity contribution < 1.29 is 4.74 Å². The Kier molecular flexibility index (Phi) is 5.00. The fourth-order valence-corrected chi connectivity index (χ4v) is 3.85. The van der Waals surface area contributed by atoms with Gasteiger partial charge in [-0.05, 0) is 58.3 Å². The van der Waals surface area contributed by atoms with Gasteiger partial charge in [0, 0.05) is 11.7 Å². The van der Waals surface area contributed by atoms with Gasteiger partial charge in [0.05, 0.1) is 11.6 Å². The van der Waals surface area contributed by atoms with Crippen molar-refractivity contribution in [2.24, 2.45) is 11.3 Å². The molecule has 112 valence electrons. The van der Waals surface area contributed by atoms with Crippen LogP contribution in [-0.2, 0) is 0 Å². The summed E-state index contributed by atoms with van der Waals surface area (Å²) >= 11 is 3.56. The Balaban J connectivity index is 2.12. The average molecular weight is 340 g/mol. The molecule has 0 amide bonds. The zero-order valence-corrected chi connectivity index (χ0v) is 14.6. The monoisotopic (exact) mass is 339 g/mol. The van der Waals surface area contributed by atoms with Gasteiger partial charge >= 0.3 is 0 Å². The largest absolute Gasteiger partial charge is 0.496 e. The van der Waals surface area contributed by atoms with Crippen molar-refractivity contribution in [2.75, 3.05) is 12.4 Å². The number of nitrogens with one attached hydrogen (secondary N) is 1. The van der Waals surface area contributed by atoms with Crippen molar-refractivity contribution in [3.8, 4) is 5.75 Å². The average Bonchev–Trinajstić information content (AvgIpc) is 2.38. The quantitative estimate of drug-likeness (QED) is 0.787. The summed E-state index contributed by atoms with van der Waals surface area (Å²) in [6.45, 7) is 7.09. The standard InChI is InChI=1S/C17H26BrNO/c1-17(2,3)13-7-5-6-8-15(13)19-12-9-10-16(20-4)14(18)11-12/h9-11,13,15,19H,5-8H2,1-4H3. The van der Waals surface area contributed by atoms with E-state index in [2.05, 4.69) is 54.2 Å². The van der Waals surface area contributed by atoms with Crippen LogP contribution in [0.4, 0.5) is 5.69 Å². The molecular weight excluding hydrogens is 314 g/mol. The number of rotatable bonds is 3. The minimum Gasteiger partial charge on any atom is -0.496 e. The van der Waals surface area contributed by atoms with E-state index >= 15 is 0 Å². The Labute approximate surface area is 131 Å². The predicted octanol–water partition coefficient (Wildman–Crippen LogP) is 5.47. The molecule has 0 saturated heterocycles. The maximum absolute atomic E-state index is 5.29. The number of methoxy groups -OCH3 is 1. The van der Waals surface area contributed by atoms with Crippen LogP contribution < -0.4 is 10.1 Å². The summed E-state index contributed by atoms with van der Waals surface area (Å²) in [6, 6.07) is 6.82. The summed E-state index contributed by atoms with van der Waals surface area (Å²) < 4.78 is 6.30. The fourth-order valence-electron chi connectivity index (χ4n) is 3.31. The second kappa shape index (κ2) is 6.38. The van der Waals surface area contributed by atoms with Crippen molar-refractivity contribution in [3.05, 3.63) is 22.7 Å². The molecule has 0 aliphatic heterocycles. The molecule has 0 bridgehead atoms. The predicted molar refractivity (Wildman–Crippen MR) is 89.5 cm³/mol. The second-order valence-corrected chi connectivity index (χ2v) is 7.71. The van der Waals surface area contributed by atoms with Crippen LogP contribution in [0, 0.1) is 11.3 Å². The summed E-state index contributed by atoms with van der Waals surface area (Å²) in [5.41, 5.74) is 1.54. The van der Waals surface area contributed by atoms with Crippen LogP contribution >= 0.6 is 15.9 Å². The molecule has 1 aromatic rings. The molecule has 2 nitrogen and oxygen atoms in total. The third-order valence-corrected chi connectivity index (χ3v) is 5.00. The Morgan fingerprint density at radius 3 is 2.50 bits per heavy atom. The summed E-state index contributed by atoms with van der Waals surface area (Å²) in [5.74, 6) is 1.61. The Hall–Kier alpha value is -0.700. The van der Waals surface area contributed by atoms with Crippen molar-refractivity contribution in [1.82, 2.24) is 0 Å². The molecule has 1 N–H and O–H groups in total. The summed E-state index contributed by atoms with van der Waals surface area (Å²) in [4.78, 5) is 0. The van der Waals surface area contributed by atoms with Gasteiger partial charge in [-0.15, -0.1) is 0 Å². The molecule has 1 aliphatic rings. The van der Waals surface area contributed by atoms with Crippen molar-refractivity contribution in [3.63, 3.8) is 0 Å². The molecule has 0 radical (unpaired) electrons. The first kappa shape index (κ1) is 15.7. The number of anilines is 1. The van der Waals surface area contributed by atoms with E-state index in [-0.39, 0.29) is 0 Å². The molecule has 2 rings (SSSR count). The molecule has 1 aliphatic carbocycles. The Morgan fingerprint density at radius 1 is 1.20 bits per heavy atom. The maximum atomic E-state index is 5.29. The second-order valence-electron chi connectivity index (χ2n) is 6.86. The van der Waals surface area contributed by atoms with E-state index in [1.807, 2.05) is 6.07 Å². The minimum absolute atomic E-state index is 0.363. The van der Waals surface area contributed by atoms with Gasteiger partial charge < -0.3 is 10.1 Å². The first-order valence-corrected chi connectivity index (χ1v) is 8.31. The highest BCUT2D eigenvalue weighted by Crippen LogP contribution is 2.39. The van der Waals surface area contributed by atoms with Crippen molar-refractivity contribution in [1.29, 1.82) is 0 Å². The van der Waals surface area contributed by atoms with Gasteiger partial charge in [-0.2, -0.15) is 0 Å². The number of hydrogen-bond donors (Lipinski definition) is 1. The van der Waals surface area contributed by atoms with Gasteiger partial charge in [-0.1, -0.05) is 33.6 Å². The third kappa shape index (κ3) is 3.69. The van der Waals surface area contributed by atoms with Crippen LogP contribution in [0.1, 0.15) is 46.5 Å². The van der Waals surface area contributed by atoms with E-state index in [4.69, 9.17) is 4.74 Å². The lowest BCUT2D eigenvalue weighted by molar-refractivity contribution is 0.163. The maximum Gasteiger partial charge on any atom is 0.133 e. The van der Waals surface area contributed by atoms with Gasteiger partial charge in [0.2, 0.25) is 0 Å². The highest BCUT2D eigenvalue weighted by Gasteiger charge is 2.34. The zero-order chi connectivity index (χ0) is 14.8. The smallest absolute Gasteiger partial charge is 0.133 e. The Morgan fingerprint density at radius 2 is 1.90 bits per heavy atom. The van der Waals surface area contributed by atoms with Crippen LogP contribution in [-0.4, -0.2) is 13.2 Å². The lowest BCUT2D eigenvalue weighted by atomic mass is 9.69. The number of halogens is 1. The van der Waals surface area contributed by atoms with E-state index < -0.39 is 0 Å². The summed E-state index contributed by atoms with van der Waals surface area (Å²) in [6.07, 6.45) is 5.30. The van der Waals surface area contributed by atoms with Crippen molar-refractivity contribution >= 4 is 21.6 Å². The van der Waals surface area contributed by atoms with E-state index in [0.29, 0.717) is 11.5 Å². The number of hydrogen-bond acceptors (Lipinski definition) is 2. The number of ether oxygens (including phenoxy) is 1. The minimum atomic E-state index is 0.363. The number of benzene rings is 1. The van der Waals surface area contributed by atoms with E-state index in [1.165, 1.54) is 31.4 Å². The first-order valence-electron chi connectivity index (χ1n) is 7.52. The lowest BCUT2D eigenvalue weighted by Gasteiger charge is -2.41. The molecule has 0 heterocycles. The molecule has 0 spiro atoms. The molecule has 1 aromatic carbocycles. The SMILES string of the molecule is COc1ccc(NC2CCCCC2C(C)(C)C)cc1Br. The fraction of sp³-hybridized carbons (Fsp3) is 0.647. The molecule has 0 aromatic heterocycles. The van der Waals surface area contributed by atoms with E-state index in [1.54, 1.807) is 7.11 Å². The third-order valence-electron chi connectivity index (χ3n) is 4.38. The molecule has 20 heavy (non-hydrogen) atoms. The van der Waals surface area contributed by atoms with Gasteiger partial charge in [0.15, 0.2) is 0 Å². The van der Waals surface area contributed by atoms with Gasteiger partial charge in [-0.3, -0.25) is 0 Å². The molecular formula is C17H26BrNO.